The predicted octanol–water partition coefficient (Wildman–Crippen LogP) is 1.73. The zero-order chi connectivity index (χ0) is 24.6. The topological polar surface area (TPSA) is 97.5 Å². The Morgan fingerprint density at radius 2 is 2.11 bits per heavy atom. The van der Waals surface area contributed by atoms with Gasteiger partial charge in [0.15, 0.2) is 0 Å². The number of hydrogen-bond acceptors (Lipinski definition) is 6. The van der Waals surface area contributed by atoms with E-state index in [0.29, 0.717) is 41.5 Å². The molecule has 2 aliphatic heterocycles. The van der Waals surface area contributed by atoms with Crippen molar-refractivity contribution in [3.63, 3.8) is 0 Å². The molecule has 0 fully saturated rings. The quantitative estimate of drug-likeness (QED) is 0.245. The van der Waals surface area contributed by atoms with E-state index >= 15 is 0 Å². The van der Waals surface area contributed by atoms with E-state index in [1.165, 1.54) is 13.2 Å². The number of alkyl halides is 1. The van der Waals surface area contributed by atoms with Crippen LogP contribution in [0.2, 0.25) is 0 Å². The van der Waals surface area contributed by atoms with Gasteiger partial charge in [-0.15, -0.1) is 0 Å². The Morgan fingerprint density at radius 3 is 3.00 bits per heavy atom. The van der Waals surface area contributed by atoms with Gasteiger partial charge in [-0.1, -0.05) is 0 Å². The molecule has 2 aliphatic rings. The second kappa shape index (κ2) is 9.34. The number of rotatable bonds is 3. The third kappa shape index (κ3) is 4.00. The molecule has 0 radical (unpaired) electrons. The van der Waals surface area contributed by atoms with Crippen molar-refractivity contribution in [1.82, 2.24) is 15.3 Å². The van der Waals surface area contributed by atoms with Gasteiger partial charge in [-0.2, -0.15) is 0 Å². The molecule has 4 bridgehead atoms. The van der Waals surface area contributed by atoms with Gasteiger partial charge in [0, 0.05) is 0 Å². The first-order chi connectivity index (χ1) is 17.6. The molecule has 8 nitrogen and oxygen atoms in total. The Hall–Kier alpha value is -3.80. The first-order valence-electron chi connectivity index (χ1n) is 11.2. The van der Waals surface area contributed by atoms with E-state index in [9.17, 15) is 9.18 Å². The summed E-state index contributed by atoms with van der Waals surface area (Å²) in [5.74, 6) is 0.633. The third-order valence-corrected chi connectivity index (χ3v) is 8.47. The van der Waals surface area contributed by atoms with Crippen LogP contribution in [-0.2, 0) is 6.61 Å². The number of para-hydroxylation sites is 1. The summed E-state index contributed by atoms with van der Waals surface area (Å²) in [7, 11) is 1.41. The second-order valence-electron chi connectivity index (χ2n) is 8.26. The van der Waals surface area contributed by atoms with Crippen molar-refractivity contribution >= 4 is 17.3 Å². The van der Waals surface area contributed by atoms with Gasteiger partial charge in [-0.3, -0.25) is 0 Å². The molecule has 1 unspecified atom stereocenters. The number of hydrogen-bond donors (Lipinski definition) is 3. The zero-order valence-electron chi connectivity index (χ0n) is 19.1. The van der Waals surface area contributed by atoms with E-state index in [1.54, 1.807) is 24.5 Å². The van der Waals surface area contributed by atoms with Crippen LogP contribution in [0.3, 0.4) is 0 Å². The van der Waals surface area contributed by atoms with Gasteiger partial charge in [0.2, 0.25) is 0 Å². The van der Waals surface area contributed by atoms with Crippen molar-refractivity contribution in [2.24, 2.45) is 0 Å². The summed E-state index contributed by atoms with van der Waals surface area (Å²) < 4.78 is 32.2. The Bertz CT molecular complexity index is 1470. The van der Waals surface area contributed by atoms with Gasteiger partial charge in [-0.05, 0) is 0 Å². The third-order valence-electron chi connectivity index (χ3n) is 6.03. The molecule has 184 valence electrons. The normalized spacial score (nSPS) is 16.4. The molecule has 2 aromatic carbocycles. The molecule has 36 heavy (non-hydrogen) atoms. The average Bonchev–Trinajstić information content (AvgIpc) is 3.27. The molecule has 0 spiro atoms. The van der Waals surface area contributed by atoms with Crippen molar-refractivity contribution in [3.05, 3.63) is 83.6 Å². The molecule has 0 saturated carbocycles. The van der Waals surface area contributed by atoms with Crippen LogP contribution in [0.5, 0.6) is 17.2 Å². The summed E-state index contributed by atoms with van der Waals surface area (Å²) in [6.07, 6.45) is 3.31. The Kier molecular flexibility index (Phi) is 5.88. The van der Waals surface area contributed by atoms with E-state index in [0.717, 1.165) is 22.6 Å². The van der Waals surface area contributed by atoms with Crippen LogP contribution in [0.25, 0.3) is 11.3 Å². The fourth-order valence-electron chi connectivity index (χ4n) is 4.37. The molecule has 0 aliphatic carbocycles. The van der Waals surface area contributed by atoms with Crippen LogP contribution in [0.4, 0.5) is 15.8 Å². The maximum atomic E-state index is 14.5. The van der Waals surface area contributed by atoms with E-state index in [1.807, 2.05) is 30.3 Å². The zero-order valence-corrected chi connectivity index (χ0v) is 21.3. The molecule has 2 aromatic heterocycles. The Balaban J connectivity index is 1.56. The number of carbonyl (C=O) groups is 1. The molecule has 4 aromatic rings. The van der Waals surface area contributed by atoms with Gasteiger partial charge in [0.05, 0.1) is 0 Å². The molecule has 3 N–H and O–H groups in total. The number of pyridine rings is 1. The summed E-state index contributed by atoms with van der Waals surface area (Å²) in [4.78, 5) is 20.9. The first kappa shape index (κ1) is 22.7. The summed E-state index contributed by atoms with van der Waals surface area (Å²) in [5, 5.41) is 6.27. The first-order valence-corrected chi connectivity index (χ1v) is 13.3. The average molecular weight is 599 g/mol. The van der Waals surface area contributed by atoms with Crippen LogP contribution in [0.15, 0.2) is 60.9 Å². The number of nitrogens with zero attached hydrogens (tertiary/aromatic N) is 1. The van der Waals surface area contributed by atoms with Crippen LogP contribution >= 0.6 is 0 Å². The molecule has 1 amide bonds. The molecule has 10 heteroatoms. The van der Waals surface area contributed by atoms with Gasteiger partial charge in [0.25, 0.3) is 0 Å². The van der Waals surface area contributed by atoms with Crippen molar-refractivity contribution in [2.45, 2.75) is 10.5 Å². The number of methoxy groups -OCH3 is 1. The molecule has 4 heterocycles. The SMILES string of the molecule is COc1c(F)cccc1Nc1c2[nH]c3c1C(=O)NCC3[I-]Oc1cccc(c1)COc1cnccc1-2. The van der Waals surface area contributed by atoms with Crippen molar-refractivity contribution in [1.29, 1.82) is 0 Å². The van der Waals surface area contributed by atoms with Gasteiger partial charge < -0.3 is 0 Å². The van der Waals surface area contributed by atoms with E-state index in [2.05, 4.69) is 20.6 Å². The number of benzene rings is 2. The van der Waals surface area contributed by atoms with Gasteiger partial charge >= 0.3 is 217 Å². The second-order valence-corrected chi connectivity index (χ2v) is 10.7. The van der Waals surface area contributed by atoms with Crippen molar-refractivity contribution in [3.8, 4) is 28.5 Å². The van der Waals surface area contributed by atoms with Crippen LogP contribution in [0.1, 0.15) is 25.5 Å². The standard InChI is InChI=1S/C26H21FIN4O4/c1-34-25-17(27)6-3-7-19(25)31-24-21-23-18(11-30-26(21)33)28-36-15-5-2-4-14(10-15)13-35-20-12-29-9-8-16(20)22(24)32-23/h2-10,12,18,31-32H,11,13H2,1H3,(H,30,33)/q-1. The minimum atomic E-state index is -0.841. The van der Waals surface area contributed by atoms with Crippen LogP contribution in [0, 0.1) is 5.82 Å². The van der Waals surface area contributed by atoms with Crippen LogP contribution < -0.4 is 44.8 Å². The molecular formula is C26H21FIN4O4-. The number of halogens is 2. The predicted molar refractivity (Wildman–Crippen MR) is 127 cm³/mol. The summed E-state index contributed by atoms with van der Waals surface area (Å²) in [6.45, 7) is 0.778. The maximum absolute atomic E-state index is 14.5. The number of aromatic nitrogens is 2. The molecule has 6 rings (SSSR count). The van der Waals surface area contributed by atoms with E-state index in [4.69, 9.17) is 12.5 Å². The summed E-state index contributed by atoms with van der Waals surface area (Å²) in [5.41, 5.74) is 4.47. The van der Waals surface area contributed by atoms with Gasteiger partial charge in [-0.25, -0.2) is 0 Å². The fourth-order valence-corrected chi connectivity index (χ4v) is 6.36. The van der Waals surface area contributed by atoms with Crippen molar-refractivity contribution < 1.29 is 43.3 Å². The number of amides is 1. The van der Waals surface area contributed by atoms with E-state index < -0.39 is 27.4 Å². The molecule has 1 atom stereocenters. The number of fused-ring (bicyclic) bond motifs is 5. The number of nitrogens with one attached hydrogen (secondary N) is 3. The molecule has 0 saturated heterocycles. The van der Waals surface area contributed by atoms with E-state index in [-0.39, 0.29) is 15.6 Å². The number of carbonyl (C=O) groups excluding carboxylic acids is 1. The molecular weight excluding hydrogens is 578 g/mol. The van der Waals surface area contributed by atoms with Gasteiger partial charge in [0.1, 0.15) is 0 Å². The number of anilines is 2. The summed E-state index contributed by atoms with van der Waals surface area (Å²) >= 11 is -0.841. The Morgan fingerprint density at radius 1 is 1.22 bits per heavy atom. The fraction of sp³-hybridized carbons (Fsp3) is 0.154. The van der Waals surface area contributed by atoms with Crippen molar-refractivity contribution in [2.75, 3.05) is 19.0 Å². The number of ether oxygens (including phenoxy) is 2. The number of aromatic amines is 1. The number of H-pyrrole nitrogens is 1. The summed E-state index contributed by atoms with van der Waals surface area (Å²) in [6, 6.07) is 14.3. The minimum absolute atomic E-state index is 0.0316. The monoisotopic (exact) mass is 599 g/mol. The Labute approximate surface area is 217 Å². The van der Waals surface area contributed by atoms with Crippen LogP contribution in [-0.4, -0.2) is 29.5 Å².